The predicted molar refractivity (Wildman–Crippen MR) is 130 cm³/mol. The lowest BCUT2D eigenvalue weighted by Crippen LogP contribution is -2.58. The molecule has 1 aliphatic heterocycles. The van der Waals surface area contributed by atoms with E-state index in [1.54, 1.807) is 15.9 Å². The van der Waals surface area contributed by atoms with Crippen molar-refractivity contribution in [3.05, 3.63) is 54.1 Å². The monoisotopic (exact) mass is 459 g/mol. The van der Waals surface area contributed by atoms with E-state index in [1.165, 1.54) is 0 Å². The van der Waals surface area contributed by atoms with E-state index < -0.39 is 0 Å². The Kier molecular flexibility index (Phi) is 5.79. The van der Waals surface area contributed by atoms with E-state index in [4.69, 9.17) is 4.74 Å². The van der Waals surface area contributed by atoms with Crippen LogP contribution in [0.25, 0.3) is 33.5 Å². The SMILES string of the molecule is Cc1cc(-c2ncnc3cc(-c4cnn(C)c4)[nH]c23)ccc1CNC(=O)N1CC(OC(C)C)C1. The molecule has 1 saturated heterocycles. The third-order valence-electron chi connectivity index (χ3n) is 6.08. The van der Waals surface area contributed by atoms with Crippen molar-refractivity contribution in [1.82, 2.24) is 34.9 Å². The molecule has 1 aliphatic rings. The highest BCUT2D eigenvalue weighted by atomic mass is 16.5. The van der Waals surface area contributed by atoms with E-state index in [2.05, 4.69) is 38.4 Å². The molecule has 0 unspecified atom stereocenters. The number of aromatic nitrogens is 5. The molecule has 0 radical (unpaired) electrons. The first-order chi connectivity index (χ1) is 16.4. The largest absolute Gasteiger partial charge is 0.372 e. The van der Waals surface area contributed by atoms with E-state index in [0.717, 1.165) is 44.7 Å². The fourth-order valence-corrected chi connectivity index (χ4v) is 4.27. The van der Waals surface area contributed by atoms with E-state index in [0.29, 0.717) is 19.6 Å². The van der Waals surface area contributed by atoms with Gasteiger partial charge in [0.2, 0.25) is 0 Å². The van der Waals surface area contributed by atoms with Crippen molar-refractivity contribution in [2.75, 3.05) is 13.1 Å². The van der Waals surface area contributed by atoms with E-state index in [-0.39, 0.29) is 18.2 Å². The second-order valence-corrected chi connectivity index (χ2v) is 9.08. The van der Waals surface area contributed by atoms with Gasteiger partial charge in [-0.1, -0.05) is 12.1 Å². The summed E-state index contributed by atoms with van der Waals surface area (Å²) < 4.78 is 7.49. The number of urea groups is 1. The van der Waals surface area contributed by atoms with Crippen molar-refractivity contribution in [1.29, 1.82) is 0 Å². The summed E-state index contributed by atoms with van der Waals surface area (Å²) in [5, 5.41) is 7.27. The quantitative estimate of drug-likeness (QED) is 0.458. The van der Waals surface area contributed by atoms with Crippen LogP contribution >= 0.6 is 0 Å². The number of H-pyrrole nitrogens is 1. The Labute approximate surface area is 198 Å². The maximum Gasteiger partial charge on any atom is 0.317 e. The first kappa shape index (κ1) is 22.1. The molecule has 9 heteroatoms. The summed E-state index contributed by atoms with van der Waals surface area (Å²) in [5.74, 6) is 0. The van der Waals surface area contributed by atoms with Crippen molar-refractivity contribution in [3.63, 3.8) is 0 Å². The van der Waals surface area contributed by atoms with Gasteiger partial charge in [-0.25, -0.2) is 14.8 Å². The highest BCUT2D eigenvalue weighted by Gasteiger charge is 2.31. The molecule has 0 bridgehead atoms. The number of hydrogen-bond acceptors (Lipinski definition) is 5. The number of ether oxygens (including phenoxy) is 1. The Balaban J connectivity index is 1.29. The van der Waals surface area contributed by atoms with Crippen molar-refractivity contribution in [3.8, 4) is 22.5 Å². The van der Waals surface area contributed by atoms with Gasteiger partial charge in [-0.3, -0.25) is 4.68 Å². The van der Waals surface area contributed by atoms with E-state index >= 15 is 0 Å². The molecule has 2 N–H and O–H groups in total. The smallest absolute Gasteiger partial charge is 0.317 e. The average Bonchev–Trinajstić information content (AvgIpc) is 3.40. The summed E-state index contributed by atoms with van der Waals surface area (Å²) in [5.41, 5.74) is 7.69. The van der Waals surface area contributed by atoms with Crippen LogP contribution in [-0.2, 0) is 18.3 Å². The number of hydrogen-bond donors (Lipinski definition) is 2. The Morgan fingerprint density at radius 2 is 2.06 bits per heavy atom. The maximum absolute atomic E-state index is 12.4. The van der Waals surface area contributed by atoms with Crippen molar-refractivity contribution in [2.24, 2.45) is 7.05 Å². The number of carbonyl (C=O) groups excluding carboxylic acids is 1. The third-order valence-corrected chi connectivity index (χ3v) is 6.08. The van der Waals surface area contributed by atoms with Gasteiger partial charge in [0.05, 0.1) is 53.9 Å². The number of aromatic amines is 1. The lowest BCUT2D eigenvalue weighted by atomic mass is 10.0. The zero-order valence-corrected chi connectivity index (χ0v) is 19.9. The average molecular weight is 460 g/mol. The minimum absolute atomic E-state index is 0.0566. The second-order valence-electron chi connectivity index (χ2n) is 9.08. The number of amides is 2. The molecule has 1 fully saturated rings. The van der Waals surface area contributed by atoms with Crippen molar-refractivity contribution >= 4 is 17.1 Å². The molecule has 0 spiro atoms. The first-order valence-corrected chi connectivity index (χ1v) is 11.5. The molecule has 3 aromatic heterocycles. The third kappa shape index (κ3) is 4.38. The summed E-state index contributed by atoms with van der Waals surface area (Å²) >= 11 is 0. The summed E-state index contributed by atoms with van der Waals surface area (Å²) in [7, 11) is 1.89. The molecule has 176 valence electrons. The van der Waals surface area contributed by atoms with Crippen LogP contribution in [0.2, 0.25) is 0 Å². The fourth-order valence-electron chi connectivity index (χ4n) is 4.27. The molecule has 0 saturated carbocycles. The highest BCUT2D eigenvalue weighted by Crippen LogP contribution is 2.30. The van der Waals surface area contributed by atoms with E-state index in [1.807, 2.05) is 51.5 Å². The number of carbonyl (C=O) groups is 1. The molecule has 9 nitrogen and oxygen atoms in total. The molecular formula is C25H29N7O2. The Morgan fingerprint density at radius 1 is 1.24 bits per heavy atom. The minimum Gasteiger partial charge on any atom is -0.372 e. The summed E-state index contributed by atoms with van der Waals surface area (Å²) in [6.07, 6.45) is 5.69. The van der Waals surface area contributed by atoms with E-state index in [9.17, 15) is 4.79 Å². The standard InChI is InChI=1S/C25H29N7O2/c1-15(2)34-20-12-32(13-20)25(33)26-9-18-6-5-17(7-16(18)3)23-24-22(27-14-28-23)8-21(30-24)19-10-29-31(4)11-19/h5-8,10-11,14-15,20,30H,9,12-13H2,1-4H3,(H,26,33). The summed E-state index contributed by atoms with van der Waals surface area (Å²) in [6.45, 7) is 7.83. The van der Waals surface area contributed by atoms with Crippen LogP contribution in [0.3, 0.4) is 0 Å². The molecule has 2 amide bonds. The Hall–Kier alpha value is -3.72. The number of fused-ring (bicyclic) bond motifs is 1. The molecule has 4 heterocycles. The fraction of sp³-hybridized carbons (Fsp3) is 0.360. The number of rotatable bonds is 6. The first-order valence-electron chi connectivity index (χ1n) is 11.5. The highest BCUT2D eigenvalue weighted by molar-refractivity contribution is 5.92. The van der Waals surface area contributed by atoms with Crippen molar-refractivity contribution in [2.45, 2.75) is 39.5 Å². The van der Waals surface area contributed by atoms with Gasteiger partial charge in [0.15, 0.2) is 0 Å². The van der Waals surface area contributed by atoms with Gasteiger partial charge in [-0.15, -0.1) is 0 Å². The van der Waals surface area contributed by atoms with Gasteiger partial charge in [-0.05, 0) is 44.0 Å². The zero-order chi connectivity index (χ0) is 23.8. The number of likely N-dealkylation sites (tertiary alicyclic amines) is 1. The van der Waals surface area contributed by atoms with Gasteiger partial charge in [0.1, 0.15) is 6.33 Å². The molecule has 1 aromatic carbocycles. The zero-order valence-electron chi connectivity index (χ0n) is 19.9. The van der Waals surface area contributed by atoms with Crippen LogP contribution in [0, 0.1) is 6.92 Å². The lowest BCUT2D eigenvalue weighted by Gasteiger charge is -2.39. The summed E-state index contributed by atoms with van der Waals surface area (Å²) in [6, 6.07) is 8.14. The Morgan fingerprint density at radius 3 is 2.76 bits per heavy atom. The predicted octanol–water partition coefficient (Wildman–Crippen LogP) is 3.65. The van der Waals surface area contributed by atoms with Crippen LogP contribution in [0.4, 0.5) is 4.79 Å². The van der Waals surface area contributed by atoms with Crippen LogP contribution < -0.4 is 5.32 Å². The molecule has 34 heavy (non-hydrogen) atoms. The molecule has 5 rings (SSSR count). The summed E-state index contributed by atoms with van der Waals surface area (Å²) in [4.78, 5) is 26.6. The minimum atomic E-state index is -0.0566. The van der Waals surface area contributed by atoms with Gasteiger partial charge < -0.3 is 19.9 Å². The number of nitrogens with one attached hydrogen (secondary N) is 2. The van der Waals surface area contributed by atoms with Gasteiger partial charge in [0.25, 0.3) is 0 Å². The van der Waals surface area contributed by atoms with Crippen molar-refractivity contribution < 1.29 is 9.53 Å². The van der Waals surface area contributed by atoms with Gasteiger partial charge in [-0.2, -0.15) is 5.10 Å². The van der Waals surface area contributed by atoms with Crippen LogP contribution in [0.15, 0.2) is 43.0 Å². The number of aryl methyl sites for hydroxylation is 2. The maximum atomic E-state index is 12.4. The second kappa shape index (κ2) is 8.90. The number of nitrogens with zero attached hydrogens (tertiary/aromatic N) is 5. The van der Waals surface area contributed by atoms with Crippen LogP contribution in [-0.4, -0.2) is 61.0 Å². The van der Waals surface area contributed by atoms with Crippen LogP contribution in [0.1, 0.15) is 25.0 Å². The molecule has 0 aliphatic carbocycles. The molecule has 0 atom stereocenters. The number of benzene rings is 1. The lowest BCUT2D eigenvalue weighted by molar-refractivity contribution is -0.0641. The van der Waals surface area contributed by atoms with Gasteiger partial charge in [0, 0.05) is 30.9 Å². The normalized spacial score (nSPS) is 14.1. The Bertz CT molecular complexity index is 1330. The van der Waals surface area contributed by atoms with Crippen LogP contribution in [0.5, 0.6) is 0 Å². The molecular weight excluding hydrogens is 430 g/mol. The van der Waals surface area contributed by atoms with Gasteiger partial charge >= 0.3 is 6.03 Å². The molecule has 4 aromatic rings. The topological polar surface area (TPSA) is 101 Å².